The zero-order valence-electron chi connectivity index (χ0n) is 13.9. The quantitative estimate of drug-likeness (QED) is 0.837. The highest BCUT2D eigenvalue weighted by Gasteiger charge is 2.65. The van der Waals surface area contributed by atoms with Gasteiger partial charge in [0.25, 0.3) is 0 Å². The summed E-state index contributed by atoms with van der Waals surface area (Å²) in [4.78, 5) is 3.38. The molecule has 2 N–H and O–H groups in total. The van der Waals surface area contributed by atoms with Gasteiger partial charge in [-0.1, -0.05) is 60.7 Å². The van der Waals surface area contributed by atoms with Crippen LogP contribution in [0.1, 0.15) is 25.0 Å². The largest absolute Gasteiger partial charge is 0.363 e. The lowest BCUT2D eigenvalue weighted by atomic mass is 9.85. The van der Waals surface area contributed by atoms with Gasteiger partial charge in [-0.25, -0.2) is 0 Å². The van der Waals surface area contributed by atoms with Gasteiger partial charge in [-0.3, -0.25) is 0 Å². The lowest BCUT2D eigenvalue weighted by Crippen LogP contribution is -2.57. The second-order valence-electron chi connectivity index (χ2n) is 5.85. The molecule has 2 aromatic carbocycles. The number of likely N-dealkylation sites (N-methyl/N-ethyl adjacent to an activating group) is 2. The van der Waals surface area contributed by atoms with Crippen molar-refractivity contribution < 1.29 is 10.2 Å². The number of thiocarbonyl (C=S) groups is 1. The molecule has 24 heavy (non-hydrogen) atoms. The number of benzene rings is 2. The summed E-state index contributed by atoms with van der Waals surface area (Å²) in [5, 5.41) is 24.1. The molecule has 0 aromatic heterocycles. The average molecular weight is 342 g/mol. The third kappa shape index (κ3) is 2.09. The first kappa shape index (κ1) is 16.9. The molecule has 0 radical (unpaired) electrons. The Bertz CT molecular complexity index is 663. The van der Waals surface area contributed by atoms with Crippen LogP contribution in [0.25, 0.3) is 0 Å². The molecular formula is C19H22N2O2S. The molecule has 1 heterocycles. The Morgan fingerprint density at radius 1 is 0.750 bits per heavy atom. The monoisotopic (exact) mass is 342 g/mol. The van der Waals surface area contributed by atoms with E-state index >= 15 is 0 Å². The number of aliphatic hydroxyl groups is 2. The fraction of sp³-hybridized carbons (Fsp3) is 0.316. The van der Waals surface area contributed by atoms with E-state index in [1.165, 1.54) is 0 Å². The van der Waals surface area contributed by atoms with Crippen LogP contribution in [-0.4, -0.2) is 38.2 Å². The first-order valence-electron chi connectivity index (χ1n) is 8.16. The smallest absolute Gasteiger partial charge is 0.220 e. The van der Waals surface area contributed by atoms with Crippen molar-refractivity contribution in [2.45, 2.75) is 25.3 Å². The molecule has 1 aliphatic heterocycles. The van der Waals surface area contributed by atoms with E-state index in [0.29, 0.717) is 29.3 Å². The van der Waals surface area contributed by atoms with Gasteiger partial charge in [-0.2, -0.15) is 0 Å². The molecule has 126 valence electrons. The van der Waals surface area contributed by atoms with E-state index in [1.807, 2.05) is 74.5 Å². The van der Waals surface area contributed by atoms with E-state index in [0.717, 1.165) is 0 Å². The van der Waals surface area contributed by atoms with Gasteiger partial charge in [-0.15, -0.1) is 0 Å². The fourth-order valence-corrected chi connectivity index (χ4v) is 4.10. The minimum atomic E-state index is -1.67. The Morgan fingerprint density at radius 2 is 1.08 bits per heavy atom. The topological polar surface area (TPSA) is 46.9 Å². The van der Waals surface area contributed by atoms with Crippen molar-refractivity contribution in [2.24, 2.45) is 0 Å². The molecule has 0 bridgehead atoms. The van der Waals surface area contributed by atoms with Crippen LogP contribution >= 0.6 is 12.2 Å². The lowest BCUT2D eigenvalue weighted by Gasteiger charge is -2.43. The van der Waals surface area contributed by atoms with Crippen LogP contribution in [0.15, 0.2) is 60.7 Å². The van der Waals surface area contributed by atoms with Gasteiger partial charge in [0.2, 0.25) is 11.4 Å². The summed E-state index contributed by atoms with van der Waals surface area (Å²) in [5.74, 6) is 0. The lowest BCUT2D eigenvalue weighted by molar-refractivity contribution is -0.243. The zero-order chi connectivity index (χ0) is 17.4. The molecule has 1 saturated heterocycles. The molecule has 4 nitrogen and oxygen atoms in total. The highest BCUT2D eigenvalue weighted by Crippen LogP contribution is 2.51. The van der Waals surface area contributed by atoms with Crippen molar-refractivity contribution in [1.29, 1.82) is 0 Å². The molecule has 1 fully saturated rings. The van der Waals surface area contributed by atoms with Crippen molar-refractivity contribution in [3.8, 4) is 0 Å². The van der Waals surface area contributed by atoms with Crippen molar-refractivity contribution in [2.75, 3.05) is 13.1 Å². The summed E-state index contributed by atoms with van der Waals surface area (Å²) >= 11 is 5.59. The van der Waals surface area contributed by atoms with Gasteiger partial charge < -0.3 is 20.0 Å². The predicted molar refractivity (Wildman–Crippen MR) is 98.0 cm³/mol. The van der Waals surface area contributed by atoms with Gasteiger partial charge in [-0.05, 0) is 26.1 Å². The SMILES string of the molecule is CCN1C(=S)N(CC)[C@](O)(c2ccccc2)[C@@]1(O)c1ccccc1. The first-order chi connectivity index (χ1) is 11.5. The normalized spacial score (nSPS) is 26.9. The minimum Gasteiger partial charge on any atom is -0.363 e. The molecule has 0 unspecified atom stereocenters. The third-order valence-electron chi connectivity index (χ3n) is 4.71. The van der Waals surface area contributed by atoms with Gasteiger partial charge in [0, 0.05) is 24.2 Å². The minimum absolute atomic E-state index is 0.442. The number of hydrogen-bond donors (Lipinski definition) is 2. The Balaban J connectivity index is 2.31. The zero-order valence-corrected chi connectivity index (χ0v) is 14.7. The maximum absolute atomic E-state index is 11.8. The average Bonchev–Trinajstić information content (AvgIpc) is 2.80. The van der Waals surface area contributed by atoms with E-state index in [9.17, 15) is 10.2 Å². The second kappa shape index (κ2) is 6.16. The van der Waals surface area contributed by atoms with Crippen LogP contribution in [0.2, 0.25) is 0 Å². The fourth-order valence-electron chi connectivity index (χ4n) is 3.58. The van der Waals surface area contributed by atoms with E-state index in [2.05, 4.69) is 0 Å². The predicted octanol–water partition coefficient (Wildman–Crippen LogP) is 2.62. The van der Waals surface area contributed by atoms with Gasteiger partial charge in [0.15, 0.2) is 5.11 Å². The maximum Gasteiger partial charge on any atom is 0.220 e. The molecule has 2 atom stereocenters. The van der Waals surface area contributed by atoms with Crippen LogP contribution < -0.4 is 0 Å². The van der Waals surface area contributed by atoms with Crippen LogP contribution in [0, 0.1) is 0 Å². The molecule has 0 saturated carbocycles. The molecule has 3 rings (SSSR count). The molecule has 0 aliphatic carbocycles. The van der Waals surface area contributed by atoms with Crippen LogP contribution in [0.4, 0.5) is 0 Å². The number of rotatable bonds is 4. The second-order valence-corrected chi connectivity index (χ2v) is 6.21. The van der Waals surface area contributed by atoms with Gasteiger partial charge >= 0.3 is 0 Å². The molecule has 0 amide bonds. The van der Waals surface area contributed by atoms with Crippen molar-refractivity contribution in [1.82, 2.24) is 9.80 Å². The van der Waals surface area contributed by atoms with Crippen molar-refractivity contribution in [3.63, 3.8) is 0 Å². The number of hydrogen-bond acceptors (Lipinski definition) is 3. The highest BCUT2D eigenvalue weighted by atomic mass is 32.1. The van der Waals surface area contributed by atoms with Crippen molar-refractivity contribution in [3.05, 3.63) is 71.8 Å². The summed E-state index contributed by atoms with van der Waals surface area (Å²) in [5.41, 5.74) is -2.12. The summed E-state index contributed by atoms with van der Waals surface area (Å²) in [6, 6.07) is 18.4. The van der Waals surface area contributed by atoms with E-state index in [4.69, 9.17) is 12.2 Å². The molecule has 2 aromatic rings. The standard InChI is InChI=1S/C19H22N2O2S/c1-3-20-17(24)21(4-2)19(23,16-13-9-6-10-14-16)18(20,22)15-11-7-5-8-12-15/h5-14,22-23H,3-4H2,1-2H3/t18-,19-/m0/s1. The van der Waals surface area contributed by atoms with Gasteiger partial charge in [0.1, 0.15) is 0 Å². The Hall–Kier alpha value is -1.95. The van der Waals surface area contributed by atoms with E-state index < -0.39 is 11.4 Å². The molecule has 1 aliphatic rings. The van der Waals surface area contributed by atoms with E-state index in [1.54, 1.807) is 9.80 Å². The highest BCUT2D eigenvalue weighted by molar-refractivity contribution is 7.80. The van der Waals surface area contributed by atoms with Crippen LogP contribution in [0.3, 0.4) is 0 Å². The summed E-state index contributed by atoms with van der Waals surface area (Å²) < 4.78 is 0. The number of nitrogens with zero attached hydrogens (tertiary/aromatic N) is 2. The first-order valence-corrected chi connectivity index (χ1v) is 8.57. The summed E-state index contributed by atoms with van der Waals surface area (Å²) in [7, 11) is 0. The molecule has 5 heteroatoms. The van der Waals surface area contributed by atoms with Crippen LogP contribution in [0.5, 0.6) is 0 Å². The summed E-state index contributed by atoms with van der Waals surface area (Å²) in [6.07, 6.45) is 0. The molecule has 0 spiro atoms. The van der Waals surface area contributed by atoms with Crippen LogP contribution in [-0.2, 0) is 11.4 Å². The Morgan fingerprint density at radius 3 is 1.38 bits per heavy atom. The van der Waals surface area contributed by atoms with E-state index in [-0.39, 0.29) is 0 Å². The Kier molecular flexibility index (Phi) is 4.34. The Labute approximate surface area is 148 Å². The van der Waals surface area contributed by atoms with Gasteiger partial charge in [0.05, 0.1) is 0 Å². The molecular weight excluding hydrogens is 320 g/mol. The summed E-state index contributed by atoms with van der Waals surface area (Å²) in [6.45, 7) is 4.81. The third-order valence-corrected chi connectivity index (χ3v) is 5.16. The van der Waals surface area contributed by atoms with Crippen molar-refractivity contribution >= 4 is 17.3 Å². The maximum atomic E-state index is 11.8.